The van der Waals surface area contributed by atoms with Crippen LogP contribution in [-0.4, -0.2) is 57.5 Å². The van der Waals surface area contributed by atoms with Gasteiger partial charge in [-0.2, -0.15) is 0 Å². The average molecular weight is 423 g/mol. The Morgan fingerprint density at radius 2 is 1.93 bits per heavy atom. The summed E-state index contributed by atoms with van der Waals surface area (Å²) in [6.07, 6.45) is 2.41. The summed E-state index contributed by atoms with van der Waals surface area (Å²) in [5.41, 5.74) is 5.97. The molecule has 1 atom stereocenters. The van der Waals surface area contributed by atoms with E-state index in [2.05, 4.69) is 58.4 Å². The van der Waals surface area contributed by atoms with Crippen molar-refractivity contribution in [1.82, 2.24) is 10.3 Å². The van der Waals surface area contributed by atoms with Crippen molar-refractivity contribution in [2.24, 2.45) is 0 Å². The molecule has 5 nitrogen and oxygen atoms in total. The van der Waals surface area contributed by atoms with Crippen LogP contribution >= 0.6 is 11.3 Å². The lowest BCUT2D eigenvalue weighted by atomic mass is 10.1. The Morgan fingerprint density at radius 1 is 1.13 bits per heavy atom. The number of piperazine rings is 1. The van der Waals surface area contributed by atoms with Crippen LogP contribution in [0.2, 0.25) is 0 Å². The Kier molecular flexibility index (Phi) is 5.63. The summed E-state index contributed by atoms with van der Waals surface area (Å²) in [6.45, 7) is 8.29. The topological polar surface area (TPSA) is 40.6 Å². The largest absolute Gasteiger partial charge is 0.383 e. The molecule has 0 aliphatic carbocycles. The molecule has 3 aromatic rings. The number of hydrogen-bond donors (Lipinski definition) is 1. The van der Waals surface area contributed by atoms with Crippen molar-refractivity contribution in [2.75, 3.05) is 56.2 Å². The van der Waals surface area contributed by atoms with Crippen LogP contribution in [0.25, 0.3) is 21.5 Å². The van der Waals surface area contributed by atoms with Crippen molar-refractivity contribution in [3.8, 4) is 11.3 Å². The molecule has 2 saturated heterocycles. The second kappa shape index (κ2) is 8.53. The van der Waals surface area contributed by atoms with Gasteiger partial charge in [0.2, 0.25) is 0 Å². The first-order chi connectivity index (χ1) is 14.7. The number of nitrogens with one attached hydrogen (secondary N) is 1. The second-order valence-electron chi connectivity index (χ2n) is 8.33. The Morgan fingerprint density at radius 3 is 2.70 bits per heavy atom. The first-order valence-electron chi connectivity index (χ1n) is 11.0. The third kappa shape index (κ3) is 3.80. The zero-order valence-corrected chi connectivity index (χ0v) is 18.7. The smallest absolute Gasteiger partial charge is 0.0841 e. The fourth-order valence-electron chi connectivity index (χ4n) is 4.77. The van der Waals surface area contributed by atoms with Gasteiger partial charge in [-0.1, -0.05) is 12.1 Å². The SMILES string of the molecule is COC[C@@H]1CCCN1c1cc(-c2ccc(N3CCNCC3)cc2)nc2cc(C)sc12. The zero-order valence-electron chi connectivity index (χ0n) is 17.9. The third-order valence-electron chi connectivity index (χ3n) is 6.27. The molecule has 30 heavy (non-hydrogen) atoms. The number of ether oxygens (including phenoxy) is 1. The van der Waals surface area contributed by atoms with E-state index >= 15 is 0 Å². The second-order valence-corrected chi connectivity index (χ2v) is 9.58. The zero-order chi connectivity index (χ0) is 20.5. The molecular weight excluding hydrogens is 392 g/mol. The van der Waals surface area contributed by atoms with E-state index in [9.17, 15) is 0 Å². The normalized spacial score (nSPS) is 19.7. The van der Waals surface area contributed by atoms with Gasteiger partial charge in [-0.25, -0.2) is 4.98 Å². The van der Waals surface area contributed by atoms with E-state index in [0.29, 0.717) is 6.04 Å². The number of pyridine rings is 1. The van der Waals surface area contributed by atoms with Gasteiger partial charge in [0.05, 0.1) is 34.2 Å². The van der Waals surface area contributed by atoms with E-state index in [4.69, 9.17) is 9.72 Å². The summed E-state index contributed by atoms with van der Waals surface area (Å²) in [4.78, 5) is 11.3. The highest BCUT2D eigenvalue weighted by Crippen LogP contribution is 2.39. The van der Waals surface area contributed by atoms with Gasteiger partial charge in [0.1, 0.15) is 0 Å². The van der Waals surface area contributed by atoms with Gasteiger partial charge in [0, 0.05) is 56.0 Å². The van der Waals surface area contributed by atoms with Gasteiger partial charge in [-0.05, 0) is 44.0 Å². The molecule has 0 unspecified atom stereocenters. The Balaban J connectivity index is 1.51. The molecule has 0 bridgehead atoms. The molecule has 2 aliphatic heterocycles. The van der Waals surface area contributed by atoms with Crippen LogP contribution in [0.4, 0.5) is 11.4 Å². The van der Waals surface area contributed by atoms with Crippen LogP contribution in [0.15, 0.2) is 36.4 Å². The molecule has 6 heteroatoms. The quantitative estimate of drug-likeness (QED) is 0.664. The average Bonchev–Trinajstić information content (AvgIpc) is 3.39. The summed E-state index contributed by atoms with van der Waals surface area (Å²) in [5, 5.41) is 3.42. The number of fused-ring (bicyclic) bond motifs is 1. The molecule has 4 heterocycles. The number of methoxy groups -OCH3 is 1. The summed E-state index contributed by atoms with van der Waals surface area (Å²) in [5.74, 6) is 0. The minimum absolute atomic E-state index is 0.450. The van der Waals surface area contributed by atoms with Crippen molar-refractivity contribution in [3.05, 3.63) is 41.3 Å². The number of rotatable bonds is 5. The number of thiophene rings is 1. The third-order valence-corrected chi connectivity index (χ3v) is 7.34. The molecular formula is C24H30N4OS. The fraction of sp³-hybridized carbons (Fsp3) is 0.458. The lowest BCUT2D eigenvalue weighted by Crippen LogP contribution is -2.43. The number of benzene rings is 1. The predicted molar refractivity (Wildman–Crippen MR) is 127 cm³/mol. The van der Waals surface area contributed by atoms with Gasteiger partial charge in [-0.15, -0.1) is 11.3 Å². The van der Waals surface area contributed by atoms with Crippen molar-refractivity contribution in [2.45, 2.75) is 25.8 Å². The lowest BCUT2D eigenvalue weighted by Gasteiger charge is -2.29. The van der Waals surface area contributed by atoms with E-state index in [1.807, 2.05) is 11.3 Å². The maximum Gasteiger partial charge on any atom is 0.0841 e. The molecule has 1 aromatic carbocycles. The molecule has 5 rings (SSSR count). The fourth-order valence-corrected chi connectivity index (χ4v) is 5.75. The van der Waals surface area contributed by atoms with Crippen molar-refractivity contribution < 1.29 is 4.74 Å². The van der Waals surface area contributed by atoms with Crippen LogP contribution in [0.3, 0.4) is 0 Å². The lowest BCUT2D eigenvalue weighted by molar-refractivity contribution is 0.181. The highest BCUT2D eigenvalue weighted by molar-refractivity contribution is 7.19. The Bertz CT molecular complexity index is 1010. The van der Waals surface area contributed by atoms with Gasteiger partial charge in [0.25, 0.3) is 0 Å². The van der Waals surface area contributed by atoms with E-state index in [1.165, 1.54) is 39.4 Å². The van der Waals surface area contributed by atoms with Crippen molar-refractivity contribution in [1.29, 1.82) is 0 Å². The molecule has 2 fully saturated rings. The molecule has 0 radical (unpaired) electrons. The van der Waals surface area contributed by atoms with Gasteiger partial charge < -0.3 is 19.9 Å². The Labute approximate surface area is 182 Å². The molecule has 1 N–H and O–H groups in total. The molecule has 0 spiro atoms. The van der Waals surface area contributed by atoms with E-state index in [1.54, 1.807) is 7.11 Å². The summed E-state index contributed by atoms with van der Waals surface area (Å²) in [6, 6.07) is 13.9. The minimum Gasteiger partial charge on any atom is -0.383 e. The van der Waals surface area contributed by atoms with Crippen LogP contribution in [0.1, 0.15) is 17.7 Å². The number of hydrogen-bond acceptors (Lipinski definition) is 6. The summed E-state index contributed by atoms with van der Waals surface area (Å²) in [7, 11) is 1.80. The van der Waals surface area contributed by atoms with Gasteiger partial charge in [-0.3, -0.25) is 0 Å². The number of aryl methyl sites for hydroxylation is 1. The molecule has 0 saturated carbocycles. The first kappa shape index (κ1) is 19.8. The first-order valence-corrected chi connectivity index (χ1v) is 11.8. The minimum atomic E-state index is 0.450. The maximum atomic E-state index is 5.52. The van der Waals surface area contributed by atoms with E-state index < -0.39 is 0 Å². The van der Waals surface area contributed by atoms with Gasteiger partial charge in [0.15, 0.2) is 0 Å². The highest BCUT2D eigenvalue weighted by atomic mass is 32.1. The summed E-state index contributed by atoms with van der Waals surface area (Å²) >= 11 is 1.85. The number of aromatic nitrogens is 1. The highest BCUT2D eigenvalue weighted by Gasteiger charge is 2.27. The predicted octanol–water partition coefficient (Wildman–Crippen LogP) is 4.30. The van der Waals surface area contributed by atoms with Crippen LogP contribution in [0, 0.1) is 6.92 Å². The number of anilines is 2. The van der Waals surface area contributed by atoms with E-state index in [0.717, 1.165) is 50.5 Å². The molecule has 158 valence electrons. The summed E-state index contributed by atoms with van der Waals surface area (Å²) < 4.78 is 6.82. The van der Waals surface area contributed by atoms with Crippen molar-refractivity contribution in [3.63, 3.8) is 0 Å². The molecule has 2 aliphatic rings. The van der Waals surface area contributed by atoms with Gasteiger partial charge >= 0.3 is 0 Å². The number of nitrogens with zero attached hydrogens (tertiary/aromatic N) is 3. The van der Waals surface area contributed by atoms with Crippen LogP contribution in [-0.2, 0) is 4.74 Å². The standard InChI is InChI=1S/C24H30N4OS/c1-17-14-22-24(30-17)23(28-11-3-4-20(28)16-29-2)15-21(26-22)18-5-7-19(8-6-18)27-12-9-25-10-13-27/h5-8,14-15,20,25H,3-4,9-13,16H2,1-2H3/t20-/m0/s1. The van der Waals surface area contributed by atoms with Crippen LogP contribution in [0.5, 0.6) is 0 Å². The van der Waals surface area contributed by atoms with E-state index in [-0.39, 0.29) is 0 Å². The Hall–Kier alpha value is -2.15. The molecule has 2 aromatic heterocycles. The molecule has 0 amide bonds. The monoisotopic (exact) mass is 422 g/mol. The van der Waals surface area contributed by atoms with Crippen LogP contribution < -0.4 is 15.1 Å². The maximum absolute atomic E-state index is 5.52. The van der Waals surface area contributed by atoms with Crippen molar-refractivity contribution >= 4 is 32.9 Å².